The summed E-state index contributed by atoms with van der Waals surface area (Å²) < 4.78 is 0. The number of rotatable bonds is 1. The van der Waals surface area contributed by atoms with E-state index < -0.39 is 5.60 Å². The average molecular weight is 218 g/mol. The molecule has 2 N–H and O–H groups in total. The number of aryl methyl sites for hydroxylation is 1. The van der Waals surface area contributed by atoms with Gasteiger partial charge in [-0.1, -0.05) is 11.6 Å². The molecular weight excluding hydrogens is 204 g/mol. The van der Waals surface area contributed by atoms with E-state index in [1.165, 1.54) is 0 Å². The predicted molar refractivity (Wildman–Crippen MR) is 62.3 cm³/mol. The van der Waals surface area contributed by atoms with E-state index in [-0.39, 0.29) is 5.56 Å². The summed E-state index contributed by atoms with van der Waals surface area (Å²) in [6.07, 6.45) is 0. The number of aromatic nitrogens is 2. The van der Waals surface area contributed by atoms with Crippen molar-refractivity contribution in [1.29, 1.82) is 0 Å². The van der Waals surface area contributed by atoms with Gasteiger partial charge >= 0.3 is 0 Å². The molecule has 0 saturated carbocycles. The number of fused-ring (bicyclic) bond motifs is 1. The number of hydrogen-bond donors (Lipinski definition) is 2. The van der Waals surface area contributed by atoms with E-state index >= 15 is 0 Å². The minimum atomic E-state index is -1.07. The van der Waals surface area contributed by atoms with E-state index in [2.05, 4.69) is 10.2 Å². The van der Waals surface area contributed by atoms with Gasteiger partial charge in [0.15, 0.2) is 0 Å². The molecule has 4 heteroatoms. The fourth-order valence-electron chi connectivity index (χ4n) is 1.75. The molecule has 1 aromatic carbocycles. The molecule has 0 fully saturated rings. The van der Waals surface area contributed by atoms with Crippen LogP contribution in [0.2, 0.25) is 0 Å². The molecule has 4 nitrogen and oxygen atoms in total. The van der Waals surface area contributed by atoms with Crippen LogP contribution in [-0.4, -0.2) is 15.3 Å². The molecule has 0 aliphatic rings. The standard InChI is InChI=1S/C12H14N2O2/c1-7-4-5-8-9(6-7)10(12(2,3)16)13-14-11(8)15/h4-6,16H,1-3H3,(H,14,15). The summed E-state index contributed by atoms with van der Waals surface area (Å²) >= 11 is 0. The first-order valence-electron chi connectivity index (χ1n) is 5.11. The van der Waals surface area contributed by atoms with Gasteiger partial charge < -0.3 is 5.11 Å². The van der Waals surface area contributed by atoms with E-state index in [0.717, 1.165) is 5.56 Å². The lowest BCUT2D eigenvalue weighted by atomic mass is 9.98. The Morgan fingerprint density at radius 3 is 2.62 bits per heavy atom. The van der Waals surface area contributed by atoms with Gasteiger partial charge in [0.05, 0.1) is 11.1 Å². The van der Waals surface area contributed by atoms with Crippen LogP contribution in [0.5, 0.6) is 0 Å². The lowest BCUT2D eigenvalue weighted by Crippen LogP contribution is -2.22. The Hall–Kier alpha value is -1.68. The molecule has 0 aliphatic carbocycles. The molecule has 1 aromatic heterocycles. The summed E-state index contributed by atoms with van der Waals surface area (Å²) in [5.41, 5.74) is 0.218. The molecule has 84 valence electrons. The lowest BCUT2D eigenvalue weighted by molar-refractivity contribution is 0.0746. The molecule has 0 atom stereocenters. The fourth-order valence-corrected chi connectivity index (χ4v) is 1.75. The predicted octanol–water partition coefficient (Wildman–Crippen LogP) is 1.46. The van der Waals surface area contributed by atoms with Crippen LogP contribution in [0.1, 0.15) is 25.1 Å². The topological polar surface area (TPSA) is 66.0 Å². The Morgan fingerprint density at radius 2 is 2.00 bits per heavy atom. The maximum absolute atomic E-state index is 11.6. The first-order chi connectivity index (χ1) is 7.39. The van der Waals surface area contributed by atoms with Crippen LogP contribution in [0, 0.1) is 6.92 Å². The Balaban J connectivity index is 2.92. The van der Waals surface area contributed by atoms with Crippen molar-refractivity contribution >= 4 is 10.8 Å². The monoisotopic (exact) mass is 218 g/mol. The van der Waals surface area contributed by atoms with Gasteiger partial charge in [0.25, 0.3) is 5.56 Å². The molecule has 0 aliphatic heterocycles. The van der Waals surface area contributed by atoms with Crippen molar-refractivity contribution in [2.24, 2.45) is 0 Å². The van der Waals surface area contributed by atoms with Crippen LogP contribution < -0.4 is 5.56 Å². The largest absolute Gasteiger partial charge is 0.384 e. The molecule has 0 unspecified atom stereocenters. The van der Waals surface area contributed by atoms with Gasteiger partial charge in [-0.05, 0) is 32.9 Å². The molecular formula is C12H14N2O2. The van der Waals surface area contributed by atoms with Crippen molar-refractivity contribution in [3.8, 4) is 0 Å². The normalized spacial score (nSPS) is 12.0. The lowest BCUT2D eigenvalue weighted by Gasteiger charge is -2.17. The van der Waals surface area contributed by atoms with Gasteiger partial charge in [-0.25, -0.2) is 5.10 Å². The summed E-state index contributed by atoms with van der Waals surface area (Å²) in [5, 5.41) is 17.6. The van der Waals surface area contributed by atoms with Crippen LogP contribution in [0.15, 0.2) is 23.0 Å². The third-order valence-corrected chi connectivity index (χ3v) is 2.52. The number of aromatic amines is 1. The summed E-state index contributed by atoms with van der Waals surface area (Å²) in [6, 6.07) is 5.48. The summed E-state index contributed by atoms with van der Waals surface area (Å²) in [5.74, 6) is 0. The van der Waals surface area contributed by atoms with Crippen LogP contribution in [0.25, 0.3) is 10.8 Å². The molecule has 0 bridgehead atoms. The maximum atomic E-state index is 11.6. The third-order valence-electron chi connectivity index (χ3n) is 2.52. The maximum Gasteiger partial charge on any atom is 0.272 e. The van der Waals surface area contributed by atoms with Crippen LogP contribution in [0.4, 0.5) is 0 Å². The summed E-state index contributed by atoms with van der Waals surface area (Å²) in [6.45, 7) is 5.24. The third kappa shape index (κ3) is 1.72. The van der Waals surface area contributed by atoms with Gasteiger partial charge in [0.2, 0.25) is 0 Å². The molecule has 1 heterocycles. The molecule has 2 rings (SSSR count). The smallest absolute Gasteiger partial charge is 0.272 e. The SMILES string of the molecule is Cc1ccc2c(=O)[nH]nc(C(C)(C)O)c2c1. The van der Waals surface area contributed by atoms with E-state index in [9.17, 15) is 9.90 Å². The summed E-state index contributed by atoms with van der Waals surface area (Å²) in [4.78, 5) is 11.6. The van der Waals surface area contributed by atoms with Crippen molar-refractivity contribution in [3.63, 3.8) is 0 Å². The quantitative estimate of drug-likeness (QED) is 0.761. The van der Waals surface area contributed by atoms with Crippen LogP contribution in [-0.2, 0) is 5.60 Å². The molecule has 2 aromatic rings. The molecule has 0 spiro atoms. The number of aliphatic hydroxyl groups is 1. The molecule has 0 radical (unpaired) electrons. The van der Waals surface area contributed by atoms with Crippen LogP contribution in [0.3, 0.4) is 0 Å². The highest BCUT2D eigenvalue weighted by molar-refractivity contribution is 5.84. The first kappa shape index (κ1) is 10.8. The van der Waals surface area contributed by atoms with E-state index in [1.807, 2.05) is 19.1 Å². The molecule has 0 saturated heterocycles. The highest BCUT2D eigenvalue weighted by atomic mass is 16.3. The Bertz CT molecular complexity index is 594. The number of hydrogen-bond acceptors (Lipinski definition) is 3. The van der Waals surface area contributed by atoms with E-state index in [0.29, 0.717) is 16.5 Å². The van der Waals surface area contributed by atoms with Crippen LogP contribution >= 0.6 is 0 Å². The Morgan fingerprint density at radius 1 is 1.31 bits per heavy atom. The second-order valence-electron chi connectivity index (χ2n) is 4.51. The van der Waals surface area contributed by atoms with E-state index in [1.54, 1.807) is 19.9 Å². The number of H-pyrrole nitrogens is 1. The van der Waals surface area contributed by atoms with Crippen molar-refractivity contribution in [2.45, 2.75) is 26.4 Å². The zero-order valence-electron chi connectivity index (χ0n) is 9.53. The van der Waals surface area contributed by atoms with Crippen molar-refractivity contribution in [3.05, 3.63) is 39.8 Å². The van der Waals surface area contributed by atoms with E-state index in [4.69, 9.17) is 0 Å². The summed E-state index contributed by atoms with van der Waals surface area (Å²) in [7, 11) is 0. The minimum absolute atomic E-state index is 0.233. The number of benzene rings is 1. The van der Waals surface area contributed by atoms with Gasteiger partial charge in [0, 0.05) is 5.39 Å². The van der Waals surface area contributed by atoms with Gasteiger partial charge in [-0.2, -0.15) is 5.10 Å². The highest BCUT2D eigenvalue weighted by Crippen LogP contribution is 2.24. The second-order valence-corrected chi connectivity index (χ2v) is 4.51. The first-order valence-corrected chi connectivity index (χ1v) is 5.11. The molecule has 16 heavy (non-hydrogen) atoms. The van der Waals surface area contributed by atoms with Crippen molar-refractivity contribution in [2.75, 3.05) is 0 Å². The van der Waals surface area contributed by atoms with Gasteiger partial charge in [0.1, 0.15) is 5.60 Å². The average Bonchev–Trinajstić information content (AvgIpc) is 2.15. The Kier molecular flexibility index (Phi) is 2.31. The minimum Gasteiger partial charge on any atom is -0.384 e. The van der Waals surface area contributed by atoms with Crippen molar-refractivity contribution in [1.82, 2.24) is 10.2 Å². The molecule has 0 amide bonds. The Labute approximate surface area is 92.9 Å². The van der Waals surface area contributed by atoms with Gasteiger partial charge in [-0.15, -0.1) is 0 Å². The zero-order valence-corrected chi connectivity index (χ0v) is 9.53. The van der Waals surface area contributed by atoms with Gasteiger partial charge in [-0.3, -0.25) is 4.79 Å². The highest BCUT2D eigenvalue weighted by Gasteiger charge is 2.21. The van der Waals surface area contributed by atoms with Crippen molar-refractivity contribution < 1.29 is 5.11 Å². The number of nitrogens with one attached hydrogen (secondary N) is 1. The number of nitrogens with zero attached hydrogens (tertiary/aromatic N) is 1. The second kappa shape index (κ2) is 3.42. The zero-order chi connectivity index (χ0) is 11.9. The fraction of sp³-hybridized carbons (Fsp3) is 0.333.